The number of hydrogen-bond acceptors (Lipinski definition) is 4. The van der Waals surface area contributed by atoms with Crippen LogP contribution in [-0.2, 0) is 13.5 Å². The number of benzene rings is 1. The van der Waals surface area contributed by atoms with Crippen LogP contribution in [0.4, 0.5) is 11.4 Å². The van der Waals surface area contributed by atoms with E-state index in [1.54, 1.807) is 6.92 Å². The summed E-state index contributed by atoms with van der Waals surface area (Å²) < 4.78 is 1.82. The maximum atomic E-state index is 11.0. The summed E-state index contributed by atoms with van der Waals surface area (Å²) in [6.45, 7) is 3.58. The second kappa shape index (κ2) is 6.20. The Morgan fingerprint density at radius 3 is 2.91 bits per heavy atom. The molecule has 1 saturated heterocycles. The van der Waals surface area contributed by atoms with Gasteiger partial charge in [-0.05, 0) is 37.3 Å². The fourth-order valence-corrected chi connectivity index (χ4v) is 3.50. The van der Waals surface area contributed by atoms with E-state index in [1.807, 2.05) is 30.2 Å². The van der Waals surface area contributed by atoms with E-state index in [4.69, 9.17) is 11.6 Å². The van der Waals surface area contributed by atoms with Crippen LogP contribution in [0, 0.1) is 23.0 Å². The van der Waals surface area contributed by atoms with Gasteiger partial charge in [-0.25, -0.2) is 0 Å². The molecule has 6 nitrogen and oxygen atoms in total. The third-order valence-corrected chi connectivity index (χ3v) is 4.67. The van der Waals surface area contributed by atoms with Crippen LogP contribution in [-0.4, -0.2) is 27.8 Å². The minimum atomic E-state index is -0.389. The fraction of sp³-hybridized carbons (Fsp3) is 0.438. The van der Waals surface area contributed by atoms with Gasteiger partial charge in [0.15, 0.2) is 0 Å². The van der Waals surface area contributed by atoms with Gasteiger partial charge in [0, 0.05) is 38.0 Å². The molecule has 23 heavy (non-hydrogen) atoms. The first kappa shape index (κ1) is 15.8. The van der Waals surface area contributed by atoms with Crippen molar-refractivity contribution in [2.24, 2.45) is 13.0 Å². The number of aromatic nitrogens is 2. The van der Waals surface area contributed by atoms with Crippen molar-refractivity contribution in [3.05, 3.63) is 50.8 Å². The number of aryl methyl sites for hydroxylation is 2. The van der Waals surface area contributed by atoms with Crippen molar-refractivity contribution in [1.82, 2.24) is 9.78 Å². The van der Waals surface area contributed by atoms with Crippen LogP contribution in [0.2, 0.25) is 5.02 Å². The Labute approximate surface area is 139 Å². The first-order valence-corrected chi connectivity index (χ1v) is 7.99. The standard InChI is InChI=1S/C16H19ClN4O2/c1-11-5-16(14(17)7-15(11)21(22)23)20-4-3-12(10-20)6-13-8-18-19(2)9-13/h5,7-9,12H,3-4,6,10H2,1-2H3. The van der Waals surface area contributed by atoms with Crippen molar-refractivity contribution in [2.45, 2.75) is 19.8 Å². The van der Waals surface area contributed by atoms with Gasteiger partial charge >= 0.3 is 0 Å². The maximum Gasteiger partial charge on any atom is 0.273 e. The van der Waals surface area contributed by atoms with Gasteiger partial charge in [-0.1, -0.05) is 11.6 Å². The Hall–Kier alpha value is -2.08. The molecule has 0 amide bonds. The van der Waals surface area contributed by atoms with Gasteiger partial charge < -0.3 is 4.90 Å². The van der Waals surface area contributed by atoms with Gasteiger partial charge in [-0.3, -0.25) is 14.8 Å². The van der Waals surface area contributed by atoms with Gasteiger partial charge in [0.25, 0.3) is 5.69 Å². The summed E-state index contributed by atoms with van der Waals surface area (Å²) in [6, 6.07) is 3.29. The normalized spacial score (nSPS) is 17.7. The molecule has 0 aliphatic carbocycles. The topological polar surface area (TPSA) is 64.2 Å². The van der Waals surface area contributed by atoms with E-state index in [1.165, 1.54) is 11.6 Å². The average molecular weight is 335 g/mol. The Bertz CT molecular complexity index is 744. The largest absolute Gasteiger partial charge is 0.370 e. The molecule has 2 heterocycles. The van der Waals surface area contributed by atoms with E-state index in [9.17, 15) is 10.1 Å². The molecule has 1 aromatic carbocycles. The van der Waals surface area contributed by atoms with Crippen molar-refractivity contribution in [2.75, 3.05) is 18.0 Å². The third-order valence-electron chi connectivity index (χ3n) is 4.37. The SMILES string of the molecule is Cc1cc(N2CCC(Cc3cnn(C)c3)C2)c(Cl)cc1[N+](=O)[O-]. The second-order valence-electron chi connectivity index (χ2n) is 6.17. The number of nitrogens with zero attached hydrogens (tertiary/aromatic N) is 4. The van der Waals surface area contributed by atoms with Gasteiger partial charge in [-0.15, -0.1) is 0 Å². The molecular formula is C16H19ClN4O2. The quantitative estimate of drug-likeness (QED) is 0.635. The minimum absolute atomic E-state index is 0.0739. The van der Waals surface area contributed by atoms with Crippen LogP contribution in [0.1, 0.15) is 17.5 Å². The van der Waals surface area contributed by atoms with E-state index in [0.717, 1.165) is 31.6 Å². The second-order valence-corrected chi connectivity index (χ2v) is 6.58. The van der Waals surface area contributed by atoms with E-state index < -0.39 is 0 Å². The number of anilines is 1. The molecule has 122 valence electrons. The molecule has 0 saturated carbocycles. The molecule has 7 heteroatoms. The van der Waals surface area contributed by atoms with Crippen LogP contribution >= 0.6 is 11.6 Å². The Morgan fingerprint density at radius 1 is 1.48 bits per heavy atom. The molecule has 0 bridgehead atoms. The molecule has 0 N–H and O–H groups in total. The third kappa shape index (κ3) is 3.32. The molecule has 1 fully saturated rings. The highest BCUT2D eigenvalue weighted by Gasteiger charge is 2.26. The maximum absolute atomic E-state index is 11.0. The van der Waals surface area contributed by atoms with Crippen LogP contribution in [0.15, 0.2) is 24.5 Å². The zero-order valence-electron chi connectivity index (χ0n) is 13.2. The molecule has 3 rings (SSSR count). The van der Waals surface area contributed by atoms with Crippen molar-refractivity contribution >= 4 is 23.0 Å². The molecule has 0 radical (unpaired) electrons. The molecule has 1 aliphatic rings. The number of rotatable bonds is 4. The van der Waals surface area contributed by atoms with E-state index in [-0.39, 0.29) is 10.6 Å². The smallest absolute Gasteiger partial charge is 0.273 e. The van der Waals surface area contributed by atoms with Gasteiger partial charge in [0.1, 0.15) is 0 Å². The molecule has 1 atom stereocenters. The van der Waals surface area contributed by atoms with Crippen LogP contribution in [0.5, 0.6) is 0 Å². The molecular weight excluding hydrogens is 316 g/mol. The lowest BCUT2D eigenvalue weighted by Gasteiger charge is -2.20. The summed E-state index contributed by atoms with van der Waals surface area (Å²) in [5, 5.41) is 15.6. The molecule has 1 aliphatic heterocycles. The molecule has 2 aromatic rings. The van der Waals surface area contributed by atoms with Crippen molar-refractivity contribution in [3.8, 4) is 0 Å². The average Bonchev–Trinajstić information content (AvgIpc) is 3.10. The summed E-state index contributed by atoms with van der Waals surface area (Å²) >= 11 is 6.28. The van der Waals surface area contributed by atoms with Gasteiger partial charge in [0.05, 0.1) is 21.8 Å². The lowest BCUT2D eigenvalue weighted by molar-refractivity contribution is -0.385. The van der Waals surface area contributed by atoms with Crippen molar-refractivity contribution in [3.63, 3.8) is 0 Å². The summed E-state index contributed by atoms with van der Waals surface area (Å²) in [5.74, 6) is 0.547. The predicted molar refractivity (Wildman–Crippen MR) is 90.1 cm³/mol. The zero-order valence-corrected chi connectivity index (χ0v) is 14.0. The predicted octanol–water partition coefficient (Wildman–Crippen LogP) is 3.36. The first-order chi connectivity index (χ1) is 10.9. The van der Waals surface area contributed by atoms with Crippen molar-refractivity contribution < 1.29 is 4.92 Å². The minimum Gasteiger partial charge on any atom is -0.370 e. The number of nitro groups is 1. The summed E-state index contributed by atoms with van der Waals surface area (Å²) in [4.78, 5) is 12.8. The monoisotopic (exact) mass is 334 g/mol. The molecule has 1 unspecified atom stereocenters. The Kier molecular flexibility index (Phi) is 4.26. The Morgan fingerprint density at radius 2 is 2.26 bits per heavy atom. The van der Waals surface area contributed by atoms with Gasteiger partial charge in [-0.2, -0.15) is 5.10 Å². The Balaban J connectivity index is 1.74. The van der Waals surface area contributed by atoms with E-state index in [2.05, 4.69) is 10.00 Å². The van der Waals surface area contributed by atoms with Crippen LogP contribution in [0.25, 0.3) is 0 Å². The van der Waals surface area contributed by atoms with E-state index in [0.29, 0.717) is 16.5 Å². The van der Waals surface area contributed by atoms with Crippen LogP contribution < -0.4 is 4.90 Å². The molecule has 1 aromatic heterocycles. The number of hydrogen-bond donors (Lipinski definition) is 0. The van der Waals surface area contributed by atoms with E-state index >= 15 is 0 Å². The fourth-order valence-electron chi connectivity index (χ4n) is 3.22. The zero-order chi connectivity index (χ0) is 16.6. The summed E-state index contributed by atoms with van der Waals surface area (Å²) in [7, 11) is 1.92. The highest BCUT2D eigenvalue weighted by atomic mass is 35.5. The first-order valence-electron chi connectivity index (χ1n) is 7.61. The lowest BCUT2D eigenvalue weighted by atomic mass is 10.0. The lowest BCUT2D eigenvalue weighted by Crippen LogP contribution is -2.20. The number of nitro benzene ring substituents is 1. The summed E-state index contributed by atoms with van der Waals surface area (Å²) in [6.07, 6.45) is 6.03. The highest BCUT2D eigenvalue weighted by molar-refractivity contribution is 6.33. The molecule has 0 spiro atoms. The highest BCUT2D eigenvalue weighted by Crippen LogP contribution is 2.36. The van der Waals surface area contributed by atoms with Crippen molar-refractivity contribution in [1.29, 1.82) is 0 Å². The van der Waals surface area contributed by atoms with Crippen LogP contribution in [0.3, 0.4) is 0 Å². The van der Waals surface area contributed by atoms with Gasteiger partial charge in [0.2, 0.25) is 0 Å². The summed E-state index contributed by atoms with van der Waals surface area (Å²) in [5.41, 5.74) is 2.85. The number of halogens is 1.